The van der Waals surface area contributed by atoms with E-state index >= 15 is 0 Å². The Balaban J connectivity index is 1.72. The number of fused-ring (bicyclic) bond motifs is 1. The van der Waals surface area contributed by atoms with Gasteiger partial charge in [0.15, 0.2) is 5.78 Å². The van der Waals surface area contributed by atoms with Gasteiger partial charge in [0.2, 0.25) is 10.0 Å². The van der Waals surface area contributed by atoms with Crippen LogP contribution in [0.2, 0.25) is 0 Å². The van der Waals surface area contributed by atoms with Crippen LogP contribution >= 0.6 is 0 Å². The largest absolute Gasteiger partial charge is 0.493 e. The van der Waals surface area contributed by atoms with E-state index in [1.54, 1.807) is 24.6 Å². The number of carbonyl (C=O) groups is 1. The molecule has 4 rings (SSSR count). The number of carbonyl (C=O) groups excluding carboxylic acids is 1. The topological polar surface area (TPSA) is 170 Å². The van der Waals surface area contributed by atoms with E-state index in [1.807, 2.05) is 11.8 Å². The number of hydrogen-bond acceptors (Lipinski definition) is 10. The van der Waals surface area contributed by atoms with E-state index < -0.39 is 20.7 Å². The zero-order chi connectivity index (χ0) is 29.9. The van der Waals surface area contributed by atoms with Gasteiger partial charge < -0.3 is 19.1 Å². The highest BCUT2D eigenvalue weighted by atomic mass is 32.2. The molecule has 3 heterocycles. The van der Waals surface area contributed by atoms with E-state index in [0.717, 1.165) is 6.42 Å². The van der Waals surface area contributed by atoms with Crippen LogP contribution in [0, 0.1) is 10.1 Å². The lowest BCUT2D eigenvalue weighted by atomic mass is 10.1. The second-order valence-electron chi connectivity index (χ2n) is 9.70. The molecule has 3 aromatic rings. The number of ether oxygens (including phenoxy) is 1. The van der Waals surface area contributed by atoms with Gasteiger partial charge in [0.25, 0.3) is 10.6 Å². The summed E-state index contributed by atoms with van der Waals surface area (Å²) in [6.45, 7) is 6.91. The third kappa shape index (κ3) is 6.11. The smallest absolute Gasteiger partial charge is 0.294 e. The number of Topliss-reactive ketones (excluding diaryl/α,β-unsaturated/α-hetero) is 1. The van der Waals surface area contributed by atoms with E-state index in [4.69, 9.17) is 9.72 Å². The van der Waals surface area contributed by atoms with Crippen molar-refractivity contribution < 1.29 is 27.9 Å². The molecule has 0 saturated carbocycles. The van der Waals surface area contributed by atoms with Crippen molar-refractivity contribution >= 4 is 26.8 Å². The van der Waals surface area contributed by atoms with E-state index in [1.165, 1.54) is 23.4 Å². The molecule has 2 aromatic heterocycles. The number of rotatable bonds is 12. The predicted molar refractivity (Wildman–Crippen MR) is 150 cm³/mol. The third-order valence-electron chi connectivity index (χ3n) is 7.05. The fourth-order valence-corrected chi connectivity index (χ4v) is 6.65. The summed E-state index contributed by atoms with van der Waals surface area (Å²) < 4.78 is 35.9. The number of nitrogens with zero attached hydrogens (tertiary/aromatic N) is 5. The maximum Gasteiger partial charge on any atom is 0.294 e. The summed E-state index contributed by atoms with van der Waals surface area (Å²) in [4.78, 5) is 49.9. The minimum atomic E-state index is -3.92. The number of H-pyrrole nitrogens is 1. The monoisotopic (exact) mass is 590 g/mol. The van der Waals surface area contributed by atoms with Gasteiger partial charge in [0, 0.05) is 52.3 Å². The van der Waals surface area contributed by atoms with Crippen LogP contribution in [0.1, 0.15) is 43.2 Å². The van der Waals surface area contributed by atoms with Crippen molar-refractivity contribution in [1.82, 2.24) is 23.7 Å². The van der Waals surface area contributed by atoms with Gasteiger partial charge >= 0.3 is 0 Å². The second kappa shape index (κ2) is 12.4. The average Bonchev–Trinajstić information content (AvgIpc) is 3.21. The molecule has 1 N–H and O–H groups in total. The minimum absolute atomic E-state index is 0.00935. The van der Waals surface area contributed by atoms with Crippen molar-refractivity contribution in [2.75, 3.05) is 45.9 Å². The number of aryl methyl sites for hydroxylation is 2. The first kappa shape index (κ1) is 30.1. The molecule has 0 radical (unpaired) electrons. The molecule has 0 bridgehead atoms. The maximum absolute atomic E-state index is 13.6. The van der Waals surface area contributed by atoms with Crippen LogP contribution in [0.3, 0.4) is 0 Å². The number of sulfonamides is 1. The van der Waals surface area contributed by atoms with Gasteiger partial charge in [0.1, 0.15) is 29.2 Å². The molecule has 0 aliphatic carbocycles. The van der Waals surface area contributed by atoms with E-state index in [0.29, 0.717) is 60.7 Å². The summed E-state index contributed by atoms with van der Waals surface area (Å²) in [6, 6.07) is 4.44. The molecule has 222 valence electrons. The molecule has 0 spiro atoms. The highest BCUT2D eigenvalue weighted by Crippen LogP contribution is 2.33. The summed E-state index contributed by atoms with van der Waals surface area (Å²) in [5.41, 5.74) is 1.61. The van der Waals surface area contributed by atoms with Gasteiger partial charge in [-0.15, -0.1) is 10.1 Å². The average molecular weight is 591 g/mol. The molecule has 0 atom stereocenters. The summed E-state index contributed by atoms with van der Waals surface area (Å²) in [5, 5.41) is 9.53. The Morgan fingerprint density at radius 3 is 2.51 bits per heavy atom. The molecule has 15 heteroatoms. The molecule has 14 nitrogen and oxygen atoms in total. The molecule has 1 aliphatic heterocycles. The summed E-state index contributed by atoms with van der Waals surface area (Å²) in [5.74, 6) is 0.310. The summed E-state index contributed by atoms with van der Waals surface area (Å²) in [7, 11) is -2.27. The maximum atomic E-state index is 13.6. The zero-order valence-electron chi connectivity index (χ0n) is 23.5. The highest BCUT2D eigenvalue weighted by Gasteiger charge is 2.30. The quantitative estimate of drug-likeness (QED) is 0.187. The molecule has 1 saturated heterocycles. The lowest BCUT2D eigenvalue weighted by Gasteiger charge is -2.33. The number of benzene rings is 1. The van der Waals surface area contributed by atoms with Gasteiger partial charge in [-0.25, -0.2) is 13.4 Å². The number of hydrogen-bond donors (Lipinski definition) is 1. The first-order valence-corrected chi connectivity index (χ1v) is 14.8. The van der Waals surface area contributed by atoms with Crippen LogP contribution < -0.4 is 10.3 Å². The van der Waals surface area contributed by atoms with Crippen LogP contribution in [0.5, 0.6) is 5.75 Å². The van der Waals surface area contributed by atoms with Crippen LogP contribution in [-0.2, 0) is 28.3 Å². The van der Waals surface area contributed by atoms with Crippen molar-refractivity contribution in [3.63, 3.8) is 0 Å². The Morgan fingerprint density at radius 2 is 1.90 bits per heavy atom. The number of ketones is 1. The molecule has 0 unspecified atom stereocenters. The van der Waals surface area contributed by atoms with Crippen molar-refractivity contribution in [3.8, 4) is 17.1 Å². The van der Waals surface area contributed by atoms with E-state index in [-0.39, 0.29) is 41.7 Å². The predicted octanol–water partition coefficient (Wildman–Crippen LogP) is 2.00. The Morgan fingerprint density at radius 1 is 1.20 bits per heavy atom. The van der Waals surface area contributed by atoms with Gasteiger partial charge in [-0.2, -0.15) is 4.31 Å². The van der Waals surface area contributed by atoms with Crippen molar-refractivity contribution in [1.29, 1.82) is 0 Å². The molecular weight excluding hydrogens is 556 g/mol. The number of aromatic amines is 1. The SMILES string of the molecule is CCCc1c(C(C)=O)n(C)c2c(=O)[nH]c(-c3cc(S(=O)(=O)N4CCN(CCO[N+](=O)[O-])CC4)ccc3OCC)nc12. The molecule has 1 aromatic carbocycles. The molecule has 0 amide bonds. The Labute approximate surface area is 237 Å². The minimum Gasteiger partial charge on any atom is -0.493 e. The zero-order valence-corrected chi connectivity index (χ0v) is 24.3. The normalized spacial score (nSPS) is 14.8. The molecule has 1 aliphatic rings. The Hall–Kier alpha value is -3.82. The van der Waals surface area contributed by atoms with Gasteiger partial charge in [-0.05, 0) is 31.5 Å². The first-order chi connectivity index (χ1) is 19.5. The number of piperazine rings is 1. The number of aromatic nitrogens is 3. The lowest BCUT2D eigenvalue weighted by Crippen LogP contribution is -2.49. The van der Waals surface area contributed by atoms with Crippen molar-refractivity contribution in [2.24, 2.45) is 7.05 Å². The van der Waals surface area contributed by atoms with Crippen LogP contribution in [0.25, 0.3) is 22.4 Å². The second-order valence-corrected chi connectivity index (χ2v) is 11.6. The Bertz CT molecular complexity index is 1620. The van der Waals surface area contributed by atoms with E-state index in [9.17, 15) is 28.1 Å². The summed E-state index contributed by atoms with van der Waals surface area (Å²) >= 11 is 0. The van der Waals surface area contributed by atoms with Crippen molar-refractivity contribution in [3.05, 3.63) is 49.9 Å². The van der Waals surface area contributed by atoms with Crippen LogP contribution in [-0.4, -0.2) is 89.0 Å². The third-order valence-corrected chi connectivity index (χ3v) is 8.94. The fraction of sp³-hybridized carbons (Fsp3) is 0.500. The fourth-order valence-electron chi connectivity index (χ4n) is 5.20. The van der Waals surface area contributed by atoms with Gasteiger partial charge in [-0.1, -0.05) is 13.3 Å². The van der Waals surface area contributed by atoms with Gasteiger partial charge in [-0.3, -0.25) is 14.5 Å². The van der Waals surface area contributed by atoms with Crippen LogP contribution in [0.15, 0.2) is 27.9 Å². The molecular formula is C26H34N6O8S. The van der Waals surface area contributed by atoms with Crippen molar-refractivity contribution in [2.45, 2.75) is 38.5 Å². The number of nitrogens with one attached hydrogen (secondary N) is 1. The standard InChI is InChI=1S/C26H34N6O8S/c1-5-7-19-22-24(29(4)23(19)17(3)33)26(34)28-25(27-22)20-16-18(8-9-21(20)39-6-2)41(37,38)31-12-10-30(11-13-31)14-15-40-32(35)36/h8-9,16H,5-7,10-15H2,1-4H3,(H,27,28,34). The highest BCUT2D eigenvalue weighted by molar-refractivity contribution is 7.89. The molecule has 1 fully saturated rings. The van der Waals surface area contributed by atoms with E-state index in [2.05, 4.69) is 9.82 Å². The van der Waals surface area contributed by atoms with Gasteiger partial charge in [0.05, 0.1) is 22.8 Å². The lowest BCUT2D eigenvalue weighted by molar-refractivity contribution is -0.757. The Kier molecular flexibility index (Phi) is 9.09. The first-order valence-electron chi connectivity index (χ1n) is 13.4. The molecule has 41 heavy (non-hydrogen) atoms. The summed E-state index contributed by atoms with van der Waals surface area (Å²) in [6.07, 6.45) is 1.27. The van der Waals surface area contributed by atoms with Crippen LogP contribution in [0.4, 0.5) is 0 Å².